The molecule has 132 valence electrons. The molecule has 0 aliphatic heterocycles. The number of nitrogens with zero attached hydrogens (tertiary/aromatic N) is 2. The molecule has 0 unspecified atom stereocenters. The van der Waals surface area contributed by atoms with Gasteiger partial charge in [-0.2, -0.15) is 9.78 Å². The molecule has 0 saturated heterocycles. The average molecular weight is 454 g/mol. The Balaban J connectivity index is 2.71. The van der Waals surface area contributed by atoms with Crippen LogP contribution in [-0.4, -0.2) is 28.1 Å². The summed E-state index contributed by atoms with van der Waals surface area (Å²) in [5, 5.41) is 4.19. The van der Waals surface area contributed by atoms with Crippen LogP contribution in [0, 0.1) is 8.99 Å². The van der Waals surface area contributed by atoms with Crippen LogP contribution < -0.4 is 5.56 Å². The number of hydrogen-bond acceptors (Lipinski definition) is 5. The van der Waals surface area contributed by atoms with Gasteiger partial charge in [-0.1, -0.05) is 20.8 Å². The van der Waals surface area contributed by atoms with Gasteiger partial charge in [0.15, 0.2) is 5.78 Å². The van der Waals surface area contributed by atoms with E-state index in [0.29, 0.717) is 5.69 Å². The normalized spacial score (nSPS) is 11.2. The molecule has 0 aliphatic carbocycles. The van der Waals surface area contributed by atoms with Gasteiger partial charge in [-0.3, -0.25) is 9.59 Å². The van der Waals surface area contributed by atoms with E-state index in [1.807, 2.05) is 12.1 Å². The lowest BCUT2D eigenvalue weighted by Gasteiger charge is -2.17. The Hall–Kier alpha value is -2.03. The summed E-state index contributed by atoms with van der Waals surface area (Å²) in [4.78, 5) is 37.5. The van der Waals surface area contributed by atoms with Gasteiger partial charge in [-0.15, -0.1) is 0 Å². The Bertz CT molecular complexity index is 864. The Labute approximate surface area is 159 Å². The molecule has 6 nitrogen and oxygen atoms in total. The predicted molar refractivity (Wildman–Crippen MR) is 102 cm³/mol. The van der Waals surface area contributed by atoms with Crippen LogP contribution in [-0.2, 0) is 4.74 Å². The topological polar surface area (TPSA) is 78.3 Å². The zero-order chi connectivity index (χ0) is 18.8. The first-order valence-corrected chi connectivity index (χ1v) is 8.85. The Morgan fingerprint density at radius 3 is 2.32 bits per heavy atom. The second-order valence-electron chi connectivity index (χ2n) is 6.44. The van der Waals surface area contributed by atoms with Crippen molar-refractivity contribution in [1.82, 2.24) is 9.78 Å². The maximum atomic E-state index is 12.7. The van der Waals surface area contributed by atoms with Crippen molar-refractivity contribution >= 4 is 34.3 Å². The fraction of sp³-hybridized carbons (Fsp3) is 0.333. The minimum Gasteiger partial charge on any atom is -0.462 e. The van der Waals surface area contributed by atoms with Gasteiger partial charge in [0.25, 0.3) is 5.56 Å². The number of rotatable bonds is 4. The molecule has 0 aliphatic rings. The number of Topliss-reactive ketones (excluding diaryl/α,β-unsaturated/α-hetero) is 1. The minimum atomic E-state index is -0.767. The molecule has 0 amide bonds. The quantitative estimate of drug-likeness (QED) is 0.403. The second-order valence-corrected chi connectivity index (χ2v) is 7.68. The molecular weight excluding hydrogens is 435 g/mol. The SMILES string of the molecule is CCOC(=O)c1cc(C(=O)C(C)(C)C)nn(-c2ccc(I)cc2)c1=O. The fourth-order valence-electron chi connectivity index (χ4n) is 2.10. The predicted octanol–water partition coefficient (Wildman–Crippen LogP) is 3.24. The molecule has 7 heteroatoms. The maximum Gasteiger partial charge on any atom is 0.343 e. The van der Waals surface area contributed by atoms with Crippen molar-refractivity contribution in [1.29, 1.82) is 0 Å². The van der Waals surface area contributed by atoms with Crippen LogP contribution in [0.2, 0.25) is 0 Å². The summed E-state index contributed by atoms with van der Waals surface area (Å²) in [5.74, 6) is -1.03. The molecule has 0 radical (unpaired) electrons. The number of esters is 1. The lowest BCUT2D eigenvalue weighted by molar-refractivity contribution is 0.0523. The van der Waals surface area contributed by atoms with Crippen molar-refractivity contribution in [2.24, 2.45) is 5.41 Å². The van der Waals surface area contributed by atoms with E-state index in [1.54, 1.807) is 39.8 Å². The van der Waals surface area contributed by atoms with E-state index in [0.717, 1.165) is 8.25 Å². The minimum absolute atomic E-state index is 0.0497. The largest absolute Gasteiger partial charge is 0.462 e. The highest BCUT2D eigenvalue weighted by molar-refractivity contribution is 14.1. The lowest BCUT2D eigenvalue weighted by atomic mass is 9.88. The van der Waals surface area contributed by atoms with Crippen molar-refractivity contribution in [2.75, 3.05) is 6.61 Å². The highest BCUT2D eigenvalue weighted by Crippen LogP contribution is 2.20. The third-order valence-corrected chi connectivity index (χ3v) is 4.11. The summed E-state index contributed by atoms with van der Waals surface area (Å²) >= 11 is 2.14. The fourth-order valence-corrected chi connectivity index (χ4v) is 2.46. The summed E-state index contributed by atoms with van der Waals surface area (Å²) < 4.78 is 7.01. The van der Waals surface area contributed by atoms with E-state index in [-0.39, 0.29) is 23.6 Å². The van der Waals surface area contributed by atoms with Crippen molar-refractivity contribution in [2.45, 2.75) is 27.7 Å². The highest BCUT2D eigenvalue weighted by Gasteiger charge is 2.27. The summed E-state index contributed by atoms with van der Waals surface area (Å²) in [6.45, 7) is 7.04. The summed E-state index contributed by atoms with van der Waals surface area (Å²) in [5.41, 5.74) is -1.01. The van der Waals surface area contributed by atoms with Crippen LogP contribution in [0.4, 0.5) is 0 Å². The number of halogens is 1. The lowest BCUT2D eigenvalue weighted by Crippen LogP contribution is -2.32. The van der Waals surface area contributed by atoms with E-state index in [4.69, 9.17) is 4.74 Å². The number of benzene rings is 1. The van der Waals surface area contributed by atoms with Crippen LogP contribution in [0.25, 0.3) is 5.69 Å². The second kappa shape index (κ2) is 7.47. The van der Waals surface area contributed by atoms with Crippen molar-refractivity contribution < 1.29 is 14.3 Å². The number of carbonyl (C=O) groups is 2. The van der Waals surface area contributed by atoms with Gasteiger partial charge in [0, 0.05) is 8.99 Å². The molecular formula is C18H19IN2O4. The molecule has 2 aromatic rings. The van der Waals surface area contributed by atoms with Gasteiger partial charge in [-0.25, -0.2) is 4.79 Å². The number of ether oxygens (including phenoxy) is 1. The van der Waals surface area contributed by atoms with Crippen LogP contribution >= 0.6 is 22.6 Å². The van der Waals surface area contributed by atoms with E-state index in [2.05, 4.69) is 27.7 Å². The molecule has 1 aromatic heterocycles. The van der Waals surface area contributed by atoms with E-state index in [9.17, 15) is 14.4 Å². The Morgan fingerprint density at radius 2 is 1.80 bits per heavy atom. The van der Waals surface area contributed by atoms with Crippen molar-refractivity contribution in [3.63, 3.8) is 0 Å². The Kier molecular flexibility index (Phi) is 5.76. The molecule has 0 fully saturated rings. The zero-order valence-corrected chi connectivity index (χ0v) is 16.7. The van der Waals surface area contributed by atoms with Gasteiger partial charge in [0.05, 0.1) is 12.3 Å². The third-order valence-electron chi connectivity index (χ3n) is 3.39. The molecule has 1 aromatic carbocycles. The molecule has 0 saturated carbocycles. The smallest absolute Gasteiger partial charge is 0.343 e. The summed E-state index contributed by atoms with van der Waals surface area (Å²) in [6, 6.07) is 8.25. The number of carbonyl (C=O) groups excluding carboxylic acids is 2. The molecule has 0 N–H and O–H groups in total. The third kappa shape index (κ3) is 4.33. The summed E-state index contributed by atoms with van der Waals surface area (Å²) in [7, 11) is 0. The summed E-state index contributed by atoms with van der Waals surface area (Å²) in [6.07, 6.45) is 0. The first-order chi connectivity index (χ1) is 11.6. The van der Waals surface area contributed by atoms with Gasteiger partial charge in [0.1, 0.15) is 11.3 Å². The molecule has 0 atom stereocenters. The molecule has 0 bridgehead atoms. The van der Waals surface area contributed by atoms with Gasteiger partial charge in [-0.05, 0) is 59.8 Å². The van der Waals surface area contributed by atoms with Crippen LogP contribution in [0.5, 0.6) is 0 Å². The zero-order valence-electron chi connectivity index (χ0n) is 14.5. The maximum absolute atomic E-state index is 12.7. The van der Waals surface area contributed by atoms with E-state index >= 15 is 0 Å². The van der Waals surface area contributed by atoms with Gasteiger partial charge < -0.3 is 4.74 Å². The molecule has 25 heavy (non-hydrogen) atoms. The van der Waals surface area contributed by atoms with Gasteiger partial charge >= 0.3 is 5.97 Å². The van der Waals surface area contributed by atoms with Crippen molar-refractivity contribution in [3.05, 3.63) is 55.5 Å². The van der Waals surface area contributed by atoms with Crippen molar-refractivity contribution in [3.8, 4) is 5.69 Å². The average Bonchev–Trinajstić information content (AvgIpc) is 2.54. The number of aromatic nitrogens is 2. The number of hydrogen-bond donors (Lipinski definition) is 0. The van der Waals surface area contributed by atoms with E-state index < -0.39 is 16.9 Å². The number of ketones is 1. The Morgan fingerprint density at radius 1 is 1.20 bits per heavy atom. The van der Waals surface area contributed by atoms with Crippen LogP contribution in [0.3, 0.4) is 0 Å². The van der Waals surface area contributed by atoms with Gasteiger partial charge in [0.2, 0.25) is 0 Å². The van der Waals surface area contributed by atoms with Crippen LogP contribution in [0.15, 0.2) is 35.1 Å². The first kappa shape index (κ1) is 19.3. The first-order valence-electron chi connectivity index (χ1n) is 7.77. The standard InChI is InChI=1S/C18H19IN2O4/c1-5-25-17(24)13-10-14(15(22)18(2,3)4)20-21(16(13)23)12-8-6-11(19)7-9-12/h6-10H,5H2,1-4H3. The highest BCUT2D eigenvalue weighted by atomic mass is 127. The van der Waals surface area contributed by atoms with E-state index in [1.165, 1.54) is 6.07 Å². The van der Waals surface area contributed by atoms with Crippen LogP contribution in [0.1, 0.15) is 48.5 Å². The monoisotopic (exact) mass is 454 g/mol. The molecule has 2 rings (SSSR count). The molecule has 1 heterocycles. The molecule has 0 spiro atoms.